The second-order valence-electron chi connectivity index (χ2n) is 4.06. The molecule has 0 aliphatic heterocycles. The molecule has 0 aromatic heterocycles. The highest BCUT2D eigenvalue weighted by molar-refractivity contribution is 6.31. The highest BCUT2D eigenvalue weighted by Crippen LogP contribution is 2.19. The first-order valence-electron chi connectivity index (χ1n) is 5.50. The molecule has 2 aromatic rings. The van der Waals surface area contributed by atoms with Gasteiger partial charge in [0, 0.05) is 17.0 Å². The van der Waals surface area contributed by atoms with Crippen LogP contribution in [0.3, 0.4) is 0 Å². The third-order valence-corrected chi connectivity index (χ3v) is 3.01. The lowest BCUT2D eigenvalue weighted by atomic mass is 10.0. The lowest BCUT2D eigenvalue weighted by molar-refractivity contribution is 0.0993. The molecule has 86 valence electrons. The fraction of sp³-hybridized carbons (Fsp3) is 0.133. The van der Waals surface area contributed by atoms with E-state index in [2.05, 4.69) is 0 Å². The van der Waals surface area contributed by atoms with Gasteiger partial charge in [0.05, 0.1) is 0 Å². The molecule has 0 radical (unpaired) electrons. The summed E-state index contributed by atoms with van der Waals surface area (Å²) in [5.41, 5.74) is 2.71. The zero-order valence-electron chi connectivity index (χ0n) is 9.61. The van der Waals surface area contributed by atoms with E-state index in [0.717, 1.165) is 16.7 Å². The molecule has 0 aliphatic carbocycles. The average molecular weight is 245 g/mol. The van der Waals surface area contributed by atoms with Crippen molar-refractivity contribution in [2.75, 3.05) is 0 Å². The van der Waals surface area contributed by atoms with Crippen LogP contribution in [-0.2, 0) is 6.42 Å². The van der Waals surface area contributed by atoms with Gasteiger partial charge in [-0.25, -0.2) is 0 Å². The van der Waals surface area contributed by atoms with Crippen molar-refractivity contribution in [3.8, 4) is 0 Å². The molecule has 1 nitrogen and oxygen atoms in total. The normalized spacial score (nSPS) is 10.2. The molecule has 0 N–H and O–H groups in total. The van der Waals surface area contributed by atoms with Crippen molar-refractivity contribution in [1.82, 2.24) is 0 Å². The Morgan fingerprint density at radius 3 is 2.47 bits per heavy atom. The lowest BCUT2D eigenvalue weighted by Crippen LogP contribution is -2.03. The Bertz CT molecular complexity index is 532. The van der Waals surface area contributed by atoms with Crippen molar-refractivity contribution in [2.45, 2.75) is 13.3 Å². The SMILES string of the molecule is Cc1ccc(CC(=O)c2ccccc2)c(Cl)c1. The van der Waals surface area contributed by atoms with E-state index in [4.69, 9.17) is 11.6 Å². The number of Topliss-reactive ketones (excluding diaryl/α,β-unsaturated/α-hetero) is 1. The van der Waals surface area contributed by atoms with Crippen LogP contribution in [0.1, 0.15) is 21.5 Å². The molecule has 2 heteroatoms. The molecule has 0 spiro atoms. The molecule has 0 unspecified atom stereocenters. The van der Waals surface area contributed by atoms with Gasteiger partial charge in [-0.05, 0) is 24.1 Å². The molecule has 0 saturated carbocycles. The number of ketones is 1. The number of benzene rings is 2. The summed E-state index contributed by atoms with van der Waals surface area (Å²) < 4.78 is 0. The van der Waals surface area contributed by atoms with Crippen LogP contribution in [0, 0.1) is 6.92 Å². The molecule has 17 heavy (non-hydrogen) atoms. The van der Waals surface area contributed by atoms with Gasteiger partial charge in [-0.2, -0.15) is 0 Å². The Morgan fingerprint density at radius 2 is 1.82 bits per heavy atom. The van der Waals surface area contributed by atoms with Crippen LogP contribution in [-0.4, -0.2) is 5.78 Å². The average Bonchev–Trinajstić information content (AvgIpc) is 2.34. The second kappa shape index (κ2) is 5.15. The van der Waals surface area contributed by atoms with Gasteiger partial charge in [-0.15, -0.1) is 0 Å². The maximum atomic E-state index is 12.0. The molecule has 0 fully saturated rings. The van der Waals surface area contributed by atoms with Gasteiger partial charge in [0.25, 0.3) is 0 Å². The van der Waals surface area contributed by atoms with E-state index in [0.29, 0.717) is 11.4 Å². The number of hydrogen-bond acceptors (Lipinski definition) is 1. The topological polar surface area (TPSA) is 17.1 Å². The fourth-order valence-corrected chi connectivity index (χ4v) is 2.00. The van der Waals surface area contributed by atoms with Crippen LogP contribution in [0.25, 0.3) is 0 Å². The summed E-state index contributed by atoms with van der Waals surface area (Å²) in [6.45, 7) is 1.98. The van der Waals surface area contributed by atoms with Crippen molar-refractivity contribution in [3.63, 3.8) is 0 Å². The van der Waals surface area contributed by atoms with Crippen molar-refractivity contribution < 1.29 is 4.79 Å². The Balaban J connectivity index is 2.19. The molecule has 2 aromatic carbocycles. The number of carbonyl (C=O) groups excluding carboxylic acids is 1. The standard InChI is InChI=1S/C15H13ClO/c1-11-7-8-13(14(16)9-11)10-15(17)12-5-3-2-4-6-12/h2-9H,10H2,1H3. The van der Waals surface area contributed by atoms with Crippen LogP contribution in [0.15, 0.2) is 48.5 Å². The highest BCUT2D eigenvalue weighted by atomic mass is 35.5. The predicted octanol–water partition coefficient (Wildman–Crippen LogP) is 4.07. The van der Waals surface area contributed by atoms with Gasteiger partial charge >= 0.3 is 0 Å². The molecule has 0 aliphatic rings. The first-order chi connectivity index (χ1) is 8.16. The summed E-state index contributed by atoms with van der Waals surface area (Å²) in [6.07, 6.45) is 0.350. The Kier molecular flexibility index (Phi) is 3.60. The quantitative estimate of drug-likeness (QED) is 0.744. The minimum Gasteiger partial charge on any atom is -0.294 e. The van der Waals surface area contributed by atoms with Gasteiger partial charge < -0.3 is 0 Å². The maximum absolute atomic E-state index is 12.0. The zero-order valence-corrected chi connectivity index (χ0v) is 10.4. The molecule has 0 bridgehead atoms. The predicted molar refractivity (Wildman–Crippen MR) is 70.7 cm³/mol. The van der Waals surface area contributed by atoms with E-state index in [1.54, 1.807) is 0 Å². The summed E-state index contributed by atoms with van der Waals surface area (Å²) >= 11 is 6.11. The van der Waals surface area contributed by atoms with E-state index in [9.17, 15) is 4.79 Å². The number of rotatable bonds is 3. The van der Waals surface area contributed by atoms with Crippen LogP contribution in [0.2, 0.25) is 5.02 Å². The number of halogens is 1. The summed E-state index contributed by atoms with van der Waals surface area (Å²) in [5, 5.41) is 0.661. The van der Waals surface area contributed by atoms with Crippen LogP contribution in [0.4, 0.5) is 0 Å². The highest BCUT2D eigenvalue weighted by Gasteiger charge is 2.09. The molecule has 0 atom stereocenters. The van der Waals surface area contributed by atoms with E-state index in [-0.39, 0.29) is 5.78 Å². The second-order valence-corrected chi connectivity index (χ2v) is 4.47. The van der Waals surface area contributed by atoms with Crippen molar-refractivity contribution >= 4 is 17.4 Å². The van der Waals surface area contributed by atoms with Crippen molar-refractivity contribution in [1.29, 1.82) is 0 Å². The Hall–Kier alpha value is -1.60. The van der Waals surface area contributed by atoms with Crippen molar-refractivity contribution in [3.05, 3.63) is 70.2 Å². The van der Waals surface area contributed by atoms with E-state index in [1.807, 2.05) is 55.5 Å². The number of aryl methyl sites for hydroxylation is 1. The molecule has 0 amide bonds. The minimum atomic E-state index is 0.0938. The first-order valence-corrected chi connectivity index (χ1v) is 5.88. The Labute approximate surface area is 106 Å². The third-order valence-electron chi connectivity index (χ3n) is 2.66. The van der Waals surface area contributed by atoms with Gasteiger partial charge in [-0.3, -0.25) is 4.79 Å². The fourth-order valence-electron chi connectivity index (χ4n) is 1.69. The third kappa shape index (κ3) is 2.95. The largest absolute Gasteiger partial charge is 0.294 e. The minimum absolute atomic E-state index is 0.0938. The summed E-state index contributed by atoms with van der Waals surface area (Å²) in [6, 6.07) is 15.0. The molecular weight excluding hydrogens is 232 g/mol. The number of hydrogen-bond donors (Lipinski definition) is 0. The molecular formula is C15H13ClO. The zero-order chi connectivity index (χ0) is 12.3. The van der Waals surface area contributed by atoms with E-state index < -0.39 is 0 Å². The summed E-state index contributed by atoms with van der Waals surface area (Å²) in [7, 11) is 0. The molecule has 0 saturated heterocycles. The smallest absolute Gasteiger partial charge is 0.167 e. The maximum Gasteiger partial charge on any atom is 0.167 e. The van der Waals surface area contributed by atoms with Crippen LogP contribution >= 0.6 is 11.6 Å². The van der Waals surface area contributed by atoms with E-state index in [1.165, 1.54) is 0 Å². The summed E-state index contributed by atoms with van der Waals surface area (Å²) in [4.78, 5) is 12.0. The van der Waals surface area contributed by atoms with Gasteiger partial charge in [0.1, 0.15) is 0 Å². The molecule has 2 rings (SSSR count). The first kappa shape index (κ1) is 11.9. The van der Waals surface area contributed by atoms with Crippen LogP contribution < -0.4 is 0 Å². The van der Waals surface area contributed by atoms with E-state index >= 15 is 0 Å². The monoisotopic (exact) mass is 244 g/mol. The number of carbonyl (C=O) groups is 1. The van der Waals surface area contributed by atoms with Gasteiger partial charge in [0.2, 0.25) is 0 Å². The van der Waals surface area contributed by atoms with Crippen LogP contribution in [0.5, 0.6) is 0 Å². The van der Waals surface area contributed by atoms with Gasteiger partial charge in [-0.1, -0.05) is 54.1 Å². The Morgan fingerprint density at radius 1 is 1.12 bits per heavy atom. The summed E-state index contributed by atoms with van der Waals surface area (Å²) in [5.74, 6) is 0.0938. The van der Waals surface area contributed by atoms with Crippen molar-refractivity contribution in [2.24, 2.45) is 0 Å². The lowest BCUT2D eigenvalue weighted by Gasteiger charge is -2.04. The molecule has 0 heterocycles. The van der Waals surface area contributed by atoms with Gasteiger partial charge in [0.15, 0.2) is 5.78 Å².